The van der Waals surface area contributed by atoms with E-state index in [1.54, 1.807) is 35.2 Å². The molecule has 0 radical (unpaired) electrons. The molecule has 1 saturated heterocycles. The summed E-state index contributed by atoms with van der Waals surface area (Å²) in [6, 6.07) is 6.36. The number of hydrogen-bond acceptors (Lipinski definition) is 7. The normalized spacial score (nSPS) is 34.6. The van der Waals surface area contributed by atoms with Crippen molar-refractivity contribution >= 4 is 34.8 Å². The lowest BCUT2D eigenvalue weighted by Crippen LogP contribution is -2.59. The van der Waals surface area contributed by atoms with Crippen molar-refractivity contribution in [2.45, 2.75) is 42.1 Å². The fourth-order valence-corrected chi connectivity index (χ4v) is 5.61. The molecule has 178 valence electrons. The molecular formula is C22H23ClF2N8O. The molecule has 3 aromatic heterocycles. The molecule has 0 aromatic carbocycles. The summed E-state index contributed by atoms with van der Waals surface area (Å²) >= 11 is 6.75. The van der Waals surface area contributed by atoms with Crippen LogP contribution in [-0.4, -0.2) is 61.8 Å². The van der Waals surface area contributed by atoms with Crippen molar-refractivity contribution in [1.82, 2.24) is 30.4 Å². The fraction of sp³-hybridized carbons (Fsp3) is 0.455. The number of rotatable bonds is 5. The van der Waals surface area contributed by atoms with E-state index in [1.807, 2.05) is 12.1 Å². The molecule has 1 amide bonds. The van der Waals surface area contributed by atoms with Crippen LogP contribution >= 0.6 is 11.6 Å². The maximum absolute atomic E-state index is 15.7. The van der Waals surface area contributed by atoms with E-state index >= 15 is 4.39 Å². The van der Waals surface area contributed by atoms with Crippen molar-refractivity contribution in [2.75, 3.05) is 17.2 Å². The molecule has 2 aliphatic carbocycles. The molecule has 12 heteroatoms. The summed E-state index contributed by atoms with van der Waals surface area (Å²) in [5.41, 5.74) is 7.97. The van der Waals surface area contributed by atoms with Gasteiger partial charge in [-0.1, -0.05) is 0 Å². The quantitative estimate of drug-likeness (QED) is 0.407. The Kier molecular flexibility index (Phi) is 5.34. The molecule has 6 unspecified atom stereocenters. The zero-order valence-corrected chi connectivity index (χ0v) is 18.7. The highest BCUT2D eigenvalue weighted by molar-refractivity contribution is 6.21. The average molecular weight is 489 g/mol. The average Bonchev–Trinajstić information content (AvgIpc) is 3.19. The zero-order chi connectivity index (χ0) is 23.4. The van der Waals surface area contributed by atoms with Crippen molar-refractivity contribution in [3.63, 3.8) is 0 Å². The van der Waals surface area contributed by atoms with Gasteiger partial charge in [0.25, 0.3) is 0 Å². The summed E-state index contributed by atoms with van der Waals surface area (Å²) in [6.45, 7) is 0.622. The highest BCUT2D eigenvalue weighted by Crippen LogP contribution is 2.44. The Morgan fingerprint density at radius 2 is 2.03 bits per heavy atom. The molecule has 3 fully saturated rings. The van der Waals surface area contributed by atoms with Gasteiger partial charge >= 0.3 is 0 Å². The van der Waals surface area contributed by atoms with Crippen LogP contribution in [-0.2, 0) is 4.79 Å². The fourth-order valence-electron chi connectivity index (χ4n) is 5.12. The van der Waals surface area contributed by atoms with E-state index in [0.29, 0.717) is 18.3 Å². The standard InChI is InChI=1S/C22H23ClF2N8O/c23-17-16(13-9-28-31-19(13)20(18(17)25)30-22-26-3-1-4-27-22)10-2-5-33-11(6-10)7-15(32-33)29-21(34)12-8-14(12)24/h1-7,12-14,16-20,28,31H,8-9H2,(H,26,27,30)(H,29,32,34)/t12-,13?,14+,16?,17?,18?,19?,20?/m1/s1. The molecule has 0 bridgehead atoms. The van der Waals surface area contributed by atoms with E-state index in [0.717, 1.165) is 11.1 Å². The van der Waals surface area contributed by atoms with Crippen molar-refractivity contribution in [3.8, 4) is 0 Å². The summed E-state index contributed by atoms with van der Waals surface area (Å²) in [6.07, 6.45) is 2.78. The maximum atomic E-state index is 15.7. The number of fused-ring (bicyclic) bond motifs is 2. The Bertz CT molecular complexity index is 1210. The van der Waals surface area contributed by atoms with Crippen LogP contribution in [0.5, 0.6) is 0 Å². The lowest BCUT2D eigenvalue weighted by atomic mass is 9.70. The SMILES string of the molecule is O=C(Nc1cc2cc(C3C(Cl)C(F)C(Nc4ncccn4)C4NNCC43)ccn2n1)[C@@H]1C[C@@H]1F. The minimum atomic E-state index is -1.37. The Labute approximate surface area is 198 Å². The van der Waals surface area contributed by atoms with Gasteiger partial charge in [0.05, 0.1) is 22.9 Å². The molecule has 1 aliphatic heterocycles. The number of carbonyl (C=O) groups is 1. The summed E-state index contributed by atoms with van der Waals surface area (Å²) in [5.74, 6) is -0.512. The first-order chi connectivity index (χ1) is 16.5. The molecule has 3 aromatic rings. The van der Waals surface area contributed by atoms with Crippen molar-refractivity contribution in [3.05, 3.63) is 48.4 Å². The van der Waals surface area contributed by atoms with E-state index in [9.17, 15) is 9.18 Å². The second-order valence-electron chi connectivity index (χ2n) is 9.08. The second kappa shape index (κ2) is 8.40. The third-order valence-corrected chi connectivity index (χ3v) is 7.45. The van der Waals surface area contributed by atoms with Gasteiger partial charge in [0.1, 0.15) is 12.3 Å². The van der Waals surface area contributed by atoms with Crippen LogP contribution in [0.25, 0.3) is 5.52 Å². The third kappa shape index (κ3) is 3.77. The van der Waals surface area contributed by atoms with Gasteiger partial charge in [-0.05, 0) is 36.1 Å². The monoisotopic (exact) mass is 488 g/mol. The number of alkyl halides is 3. The van der Waals surface area contributed by atoms with Gasteiger partial charge in [-0.15, -0.1) is 11.6 Å². The Morgan fingerprint density at radius 1 is 1.24 bits per heavy atom. The van der Waals surface area contributed by atoms with E-state index < -0.39 is 29.7 Å². The van der Waals surface area contributed by atoms with Crippen LogP contribution < -0.4 is 21.5 Å². The summed E-state index contributed by atoms with van der Waals surface area (Å²) < 4.78 is 30.5. The molecule has 9 nitrogen and oxygen atoms in total. The first-order valence-electron chi connectivity index (χ1n) is 11.2. The molecule has 4 heterocycles. The summed E-state index contributed by atoms with van der Waals surface area (Å²) in [7, 11) is 0. The number of hydrogen-bond donors (Lipinski definition) is 4. The highest BCUT2D eigenvalue weighted by atomic mass is 35.5. The molecule has 3 aliphatic rings. The lowest BCUT2D eigenvalue weighted by molar-refractivity contribution is -0.117. The molecule has 0 spiro atoms. The molecular weight excluding hydrogens is 466 g/mol. The number of pyridine rings is 1. The Morgan fingerprint density at radius 3 is 2.79 bits per heavy atom. The van der Waals surface area contributed by atoms with Gasteiger partial charge in [-0.25, -0.2) is 23.3 Å². The number of carbonyl (C=O) groups excluding carboxylic acids is 1. The first kappa shape index (κ1) is 21.6. The van der Waals surface area contributed by atoms with E-state index in [1.165, 1.54) is 0 Å². The largest absolute Gasteiger partial charge is 0.347 e. The van der Waals surface area contributed by atoms with Crippen molar-refractivity contribution in [1.29, 1.82) is 0 Å². The first-order valence-corrected chi connectivity index (χ1v) is 11.7. The number of amides is 1. The summed E-state index contributed by atoms with van der Waals surface area (Å²) in [5, 5.41) is 9.33. The molecule has 4 N–H and O–H groups in total. The number of nitrogens with one attached hydrogen (secondary N) is 4. The van der Waals surface area contributed by atoms with Crippen molar-refractivity contribution in [2.24, 2.45) is 11.8 Å². The number of hydrazine groups is 1. The predicted molar refractivity (Wildman–Crippen MR) is 122 cm³/mol. The minimum Gasteiger partial charge on any atom is -0.347 e. The number of halogens is 3. The number of anilines is 2. The van der Waals surface area contributed by atoms with Crippen LogP contribution in [0.15, 0.2) is 42.9 Å². The summed E-state index contributed by atoms with van der Waals surface area (Å²) in [4.78, 5) is 20.4. The van der Waals surface area contributed by atoms with E-state index in [4.69, 9.17) is 11.6 Å². The van der Waals surface area contributed by atoms with Gasteiger partial charge in [0.15, 0.2) is 5.82 Å². The van der Waals surface area contributed by atoms with Crippen LogP contribution in [0, 0.1) is 11.8 Å². The molecule has 2 saturated carbocycles. The van der Waals surface area contributed by atoms with Gasteiger partial charge in [-0.3, -0.25) is 15.6 Å². The van der Waals surface area contributed by atoms with Crippen LogP contribution in [0.1, 0.15) is 17.9 Å². The number of aromatic nitrogens is 4. The van der Waals surface area contributed by atoms with Crippen LogP contribution in [0.4, 0.5) is 20.5 Å². The zero-order valence-electron chi connectivity index (χ0n) is 17.9. The Hall–Kier alpha value is -2.89. The van der Waals surface area contributed by atoms with Gasteiger partial charge in [0, 0.05) is 43.2 Å². The topological polar surface area (TPSA) is 108 Å². The van der Waals surface area contributed by atoms with Crippen molar-refractivity contribution < 1.29 is 13.6 Å². The van der Waals surface area contributed by atoms with Crippen LogP contribution in [0.2, 0.25) is 0 Å². The second-order valence-corrected chi connectivity index (χ2v) is 9.58. The highest BCUT2D eigenvalue weighted by Gasteiger charge is 2.53. The third-order valence-electron chi connectivity index (χ3n) is 6.94. The van der Waals surface area contributed by atoms with E-state index in [2.05, 4.69) is 36.6 Å². The smallest absolute Gasteiger partial charge is 0.231 e. The predicted octanol–water partition coefficient (Wildman–Crippen LogP) is 2.04. The lowest BCUT2D eigenvalue weighted by Gasteiger charge is -2.44. The molecule has 34 heavy (non-hydrogen) atoms. The van der Waals surface area contributed by atoms with Gasteiger partial charge < -0.3 is 10.6 Å². The Balaban J connectivity index is 1.26. The molecule has 6 rings (SSSR count). The van der Waals surface area contributed by atoms with Crippen LogP contribution in [0.3, 0.4) is 0 Å². The van der Waals surface area contributed by atoms with Gasteiger partial charge in [-0.2, -0.15) is 5.10 Å². The maximum Gasteiger partial charge on any atom is 0.231 e. The minimum absolute atomic E-state index is 0.0108. The molecule has 8 atom stereocenters. The number of nitrogens with zero attached hydrogens (tertiary/aromatic N) is 4. The van der Waals surface area contributed by atoms with Gasteiger partial charge in [0.2, 0.25) is 11.9 Å². The van der Waals surface area contributed by atoms with E-state index in [-0.39, 0.29) is 30.2 Å².